The Morgan fingerprint density at radius 2 is 2.30 bits per heavy atom. The van der Waals surface area contributed by atoms with Crippen molar-refractivity contribution in [3.05, 3.63) is 23.8 Å². The zero-order chi connectivity index (χ0) is 14.5. The van der Waals surface area contributed by atoms with E-state index in [1.165, 1.54) is 18.1 Å². The third kappa shape index (κ3) is 3.19. The molecule has 0 saturated carbocycles. The molecule has 0 aliphatic rings. The van der Waals surface area contributed by atoms with E-state index in [4.69, 9.17) is 9.84 Å². The van der Waals surface area contributed by atoms with Gasteiger partial charge in [-0.1, -0.05) is 5.21 Å². The monoisotopic (exact) mass is 278 g/mol. The second-order valence-corrected chi connectivity index (χ2v) is 4.01. The lowest BCUT2D eigenvalue weighted by Crippen LogP contribution is -2.09. The summed E-state index contributed by atoms with van der Waals surface area (Å²) in [6, 6.07) is 0. The molecule has 0 spiro atoms. The molecule has 0 amide bonds. The molecule has 2 aromatic heterocycles. The lowest BCUT2D eigenvalue weighted by molar-refractivity contribution is -0.137. The summed E-state index contributed by atoms with van der Waals surface area (Å²) in [5.74, 6) is 0.160. The van der Waals surface area contributed by atoms with E-state index in [0.717, 1.165) is 5.56 Å². The smallest absolute Gasteiger partial charge is 0.325 e. The number of aromatic nitrogens is 5. The fourth-order valence-electron chi connectivity index (χ4n) is 1.63. The number of carboxylic acids is 1. The predicted octanol–water partition coefficient (Wildman–Crippen LogP) is 0.0818. The first-order chi connectivity index (χ1) is 9.60. The Morgan fingerprint density at radius 1 is 1.50 bits per heavy atom. The summed E-state index contributed by atoms with van der Waals surface area (Å²) in [7, 11) is 1.54. The van der Waals surface area contributed by atoms with Crippen LogP contribution >= 0.6 is 0 Å². The van der Waals surface area contributed by atoms with E-state index in [9.17, 15) is 4.79 Å². The molecule has 106 valence electrons. The summed E-state index contributed by atoms with van der Waals surface area (Å²) in [5, 5.41) is 19.3. The third-order valence-electron chi connectivity index (χ3n) is 2.55. The molecular formula is C11H14N6O3. The van der Waals surface area contributed by atoms with Crippen LogP contribution in [0.4, 0.5) is 5.82 Å². The molecule has 0 saturated heterocycles. The van der Waals surface area contributed by atoms with Crippen LogP contribution in [0.5, 0.6) is 5.88 Å². The molecular weight excluding hydrogens is 264 g/mol. The molecule has 2 N–H and O–H groups in total. The molecule has 2 rings (SSSR count). The van der Waals surface area contributed by atoms with Crippen LogP contribution in [-0.2, 0) is 17.9 Å². The van der Waals surface area contributed by atoms with Gasteiger partial charge in [0.05, 0.1) is 25.4 Å². The molecule has 2 aromatic rings. The maximum absolute atomic E-state index is 10.5. The van der Waals surface area contributed by atoms with Gasteiger partial charge in [0.2, 0.25) is 5.88 Å². The van der Waals surface area contributed by atoms with Crippen LogP contribution in [0, 0.1) is 6.92 Å². The van der Waals surface area contributed by atoms with Crippen molar-refractivity contribution < 1.29 is 14.6 Å². The topological polar surface area (TPSA) is 115 Å². The number of nitrogens with zero attached hydrogens (tertiary/aromatic N) is 5. The summed E-state index contributed by atoms with van der Waals surface area (Å²) in [4.78, 5) is 18.6. The van der Waals surface area contributed by atoms with Crippen LogP contribution in [-0.4, -0.2) is 43.1 Å². The van der Waals surface area contributed by atoms with Crippen LogP contribution < -0.4 is 10.1 Å². The second kappa shape index (κ2) is 5.95. The normalized spacial score (nSPS) is 10.3. The molecule has 0 unspecified atom stereocenters. The quantitative estimate of drug-likeness (QED) is 0.763. The van der Waals surface area contributed by atoms with Gasteiger partial charge in [0.1, 0.15) is 24.4 Å². The van der Waals surface area contributed by atoms with Gasteiger partial charge in [-0.3, -0.25) is 4.79 Å². The Morgan fingerprint density at radius 3 is 3.00 bits per heavy atom. The van der Waals surface area contributed by atoms with E-state index in [1.54, 1.807) is 6.20 Å². The lowest BCUT2D eigenvalue weighted by Gasteiger charge is -2.08. The number of aliphatic carboxylic acids is 1. The van der Waals surface area contributed by atoms with Crippen molar-refractivity contribution in [1.82, 2.24) is 25.0 Å². The van der Waals surface area contributed by atoms with E-state index in [0.29, 0.717) is 23.9 Å². The van der Waals surface area contributed by atoms with Crippen LogP contribution in [0.25, 0.3) is 0 Å². The molecule has 9 nitrogen and oxygen atoms in total. The van der Waals surface area contributed by atoms with Crippen molar-refractivity contribution in [3.8, 4) is 5.88 Å². The highest BCUT2D eigenvalue weighted by molar-refractivity contribution is 5.66. The minimum Gasteiger partial charge on any atom is -0.481 e. The highest BCUT2D eigenvalue weighted by Gasteiger charge is 2.08. The number of methoxy groups -OCH3 is 1. The van der Waals surface area contributed by atoms with Gasteiger partial charge in [0.15, 0.2) is 0 Å². The molecule has 9 heteroatoms. The molecule has 0 aromatic carbocycles. The van der Waals surface area contributed by atoms with E-state index in [-0.39, 0.29) is 6.54 Å². The van der Waals surface area contributed by atoms with Gasteiger partial charge in [-0.05, 0) is 6.92 Å². The summed E-state index contributed by atoms with van der Waals surface area (Å²) in [6.07, 6.45) is 2.96. The molecule has 0 atom stereocenters. The van der Waals surface area contributed by atoms with Crippen LogP contribution in [0.15, 0.2) is 12.5 Å². The van der Waals surface area contributed by atoms with Gasteiger partial charge >= 0.3 is 5.97 Å². The molecule has 0 aliphatic carbocycles. The molecule has 0 bridgehead atoms. The molecule has 0 fully saturated rings. The van der Waals surface area contributed by atoms with Crippen molar-refractivity contribution in [2.45, 2.75) is 20.0 Å². The fraction of sp³-hybridized carbons (Fsp3) is 0.364. The molecule has 2 heterocycles. The number of nitrogens with one attached hydrogen (secondary N) is 1. The zero-order valence-electron chi connectivity index (χ0n) is 11.1. The zero-order valence-corrected chi connectivity index (χ0v) is 11.1. The summed E-state index contributed by atoms with van der Waals surface area (Å²) >= 11 is 0. The van der Waals surface area contributed by atoms with Gasteiger partial charge in [0.25, 0.3) is 0 Å². The Kier molecular flexibility index (Phi) is 4.08. The van der Waals surface area contributed by atoms with E-state index < -0.39 is 5.97 Å². The van der Waals surface area contributed by atoms with Gasteiger partial charge < -0.3 is 15.2 Å². The average Bonchev–Trinajstić information content (AvgIpc) is 2.84. The fourth-order valence-corrected chi connectivity index (χ4v) is 1.63. The summed E-state index contributed by atoms with van der Waals surface area (Å²) in [5.41, 5.74) is 1.40. The Hall–Kier alpha value is -2.71. The average molecular weight is 278 g/mol. The number of hydrogen-bond donors (Lipinski definition) is 2. The number of hydrogen-bond acceptors (Lipinski definition) is 7. The number of carbonyl (C=O) groups is 1. The first-order valence-corrected chi connectivity index (χ1v) is 5.80. The maximum atomic E-state index is 10.5. The van der Waals surface area contributed by atoms with Crippen molar-refractivity contribution in [1.29, 1.82) is 0 Å². The Balaban J connectivity index is 2.02. The Bertz CT molecular complexity index is 612. The predicted molar refractivity (Wildman–Crippen MR) is 68.3 cm³/mol. The minimum atomic E-state index is -0.967. The minimum absolute atomic E-state index is 0.215. The highest BCUT2D eigenvalue weighted by atomic mass is 16.5. The lowest BCUT2D eigenvalue weighted by atomic mass is 10.3. The van der Waals surface area contributed by atoms with Crippen molar-refractivity contribution in [2.75, 3.05) is 12.4 Å². The number of ether oxygens (including phenoxy) is 1. The first kappa shape index (κ1) is 13.7. The van der Waals surface area contributed by atoms with E-state index >= 15 is 0 Å². The Labute approximate surface area is 114 Å². The van der Waals surface area contributed by atoms with Gasteiger partial charge in [-0.2, -0.15) is 0 Å². The third-order valence-corrected chi connectivity index (χ3v) is 2.55. The van der Waals surface area contributed by atoms with Crippen LogP contribution in [0.3, 0.4) is 0 Å². The largest absolute Gasteiger partial charge is 0.481 e. The van der Waals surface area contributed by atoms with Gasteiger partial charge in [0, 0.05) is 0 Å². The number of rotatable bonds is 6. The molecule has 0 aliphatic heterocycles. The van der Waals surface area contributed by atoms with Crippen molar-refractivity contribution >= 4 is 11.8 Å². The van der Waals surface area contributed by atoms with E-state index in [1.807, 2.05) is 6.92 Å². The standard InChI is InChI=1S/C11H14N6O3/c1-7-10(13-6-14-11(7)20-2)12-3-8-4-17(16-15-8)5-9(18)19/h4,6H,3,5H2,1-2H3,(H,18,19)(H,12,13,14). The number of anilines is 1. The second-order valence-electron chi connectivity index (χ2n) is 4.01. The molecule has 20 heavy (non-hydrogen) atoms. The van der Waals surface area contributed by atoms with Crippen molar-refractivity contribution in [3.63, 3.8) is 0 Å². The van der Waals surface area contributed by atoms with Crippen LogP contribution in [0.1, 0.15) is 11.3 Å². The van der Waals surface area contributed by atoms with Gasteiger partial charge in [-0.25, -0.2) is 14.6 Å². The molecule has 0 radical (unpaired) electrons. The number of carboxylic acid groups (broad SMARTS) is 1. The van der Waals surface area contributed by atoms with Crippen LogP contribution in [0.2, 0.25) is 0 Å². The maximum Gasteiger partial charge on any atom is 0.325 e. The van der Waals surface area contributed by atoms with Crippen molar-refractivity contribution in [2.24, 2.45) is 0 Å². The first-order valence-electron chi connectivity index (χ1n) is 5.80. The summed E-state index contributed by atoms with van der Waals surface area (Å²) < 4.78 is 6.35. The van der Waals surface area contributed by atoms with E-state index in [2.05, 4.69) is 25.6 Å². The summed E-state index contributed by atoms with van der Waals surface area (Å²) in [6.45, 7) is 2.00. The van der Waals surface area contributed by atoms with Gasteiger partial charge in [-0.15, -0.1) is 5.10 Å². The highest BCUT2D eigenvalue weighted by Crippen LogP contribution is 2.19. The SMILES string of the molecule is COc1ncnc(NCc2cn(CC(=O)O)nn2)c1C.